The van der Waals surface area contributed by atoms with E-state index in [1.54, 1.807) is 0 Å². The van der Waals surface area contributed by atoms with Crippen molar-refractivity contribution in [2.45, 2.75) is 44.6 Å². The Hall–Kier alpha value is -0.960. The van der Waals surface area contributed by atoms with Gasteiger partial charge in [-0.05, 0) is 30.6 Å². The van der Waals surface area contributed by atoms with Gasteiger partial charge < -0.3 is 5.11 Å². The molecule has 0 spiro atoms. The van der Waals surface area contributed by atoms with E-state index >= 15 is 0 Å². The number of aldehydes is 2. The molecule has 2 aliphatic rings. The van der Waals surface area contributed by atoms with Crippen LogP contribution in [-0.2, 0) is 9.59 Å². The molecule has 0 radical (unpaired) electrons. The van der Waals surface area contributed by atoms with E-state index in [2.05, 4.69) is 6.92 Å². The average Bonchev–Trinajstić information content (AvgIpc) is 2.29. The molecule has 0 unspecified atom stereocenters. The number of carbonyl (C=O) groups excluding carboxylic acids is 2. The van der Waals surface area contributed by atoms with Crippen molar-refractivity contribution in [2.24, 2.45) is 11.3 Å². The van der Waals surface area contributed by atoms with Gasteiger partial charge in [0.25, 0.3) is 0 Å². The van der Waals surface area contributed by atoms with Gasteiger partial charge in [0, 0.05) is 5.57 Å². The van der Waals surface area contributed by atoms with Gasteiger partial charge in [-0.3, -0.25) is 9.59 Å². The molecule has 0 heterocycles. The summed E-state index contributed by atoms with van der Waals surface area (Å²) in [6.45, 7) is 2.13. The Labute approximate surface area is 95.5 Å². The monoisotopic (exact) mass is 222 g/mol. The second kappa shape index (κ2) is 3.81. The van der Waals surface area contributed by atoms with Crippen molar-refractivity contribution in [3.8, 4) is 0 Å². The third-order valence-electron chi connectivity index (χ3n) is 4.32. The van der Waals surface area contributed by atoms with Gasteiger partial charge in [0.15, 0.2) is 6.29 Å². The van der Waals surface area contributed by atoms with Crippen LogP contribution in [0, 0.1) is 11.3 Å². The number of hydrogen-bond donors (Lipinski definition) is 1. The smallest absolute Gasteiger partial charge is 0.156 e. The molecule has 0 aromatic carbocycles. The summed E-state index contributed by atoms with van der Waals surface area (Å²) in [5, 5.41) is 10.1. The summed E-state index contributed by atoms with van der Waals surface area (Å²) in [5.41, 5.74) is -1.30. The maximum Gasteiger partial charge on any atom is 0.156 e. The van der Waals surface area contributed by atoms with Gasteiger partial charge in [-0.2, -0.15) is 0 Å². The van der Waals surface area contributed by atoms with Crippen LogP contribution in [0.4, 0.5) is 0 Å². The molecule has 3 atom stereocenters. The Kier molecular flexibility index (Phi) is 2.74. The predicted octanol–water partition coefficient (Wildman–Crippen LogP) is 1.64. The minimum Gasteiger partial charge on any atom is -0.377 e. The predicted molar refractivity (Wildman–Crippen MR) is 59.8 cm³/mol. The summed E-state index contributed by atoms with van der Waals surface area (Å²) in [7, 11) is 0. The Bertz CT molecular complexity index is 347. The Morgan fingerprint density at radius 1 is 1.44 bits per heavy atom. The fraction of sp³-hybridized carbons (Fsp3) is 0.692. The standard InChI is InChI=1S/C13H18O3/c1-12-5-3-2-4-10(12)7-13(16,9-15)11(6-12)8-14/h6,8-10,16H,2-5,7H2,1H3/t10-,12+,13+/m0/s1. The molecule has 0 aromatic heterocycles. The van der Waals surface area contributed by atoms with Gasteiger partial charge in [-0.1, -0.05) is 25.8 Å². The molecule has 0 aliphatic heterocycles. The number of allylic oxidation sites excluding steroid dienone is 1. The van der Waals surface area contributed by atoms with E-state index in [1.165, 1.54) is 0 Å². The lowest BCUT2D eigenvalue weighted by Crippen LogP contribution is -2.46. The van der Waals surface area contributed by atoms with Crippen LogP contribution in [0.3, 0.4) is 0 Å². The number of hydrogen-bond acceptors (Lipinski definition) is 3. The van der Waals surface area contributed by atoms with Crippen molar-refractivity contribution in [3.63, 3.8) is 0 Å². The van der Waals surface area contributed by atoms with Gasteiger partial charge >= 0.3 is 0 Å². The number of aliphatic hydroxyl groups is 1. The van der Waals surface area contributed by atoms with Crippen LogP contribution in [0.25, 0.3) is 0 Å². The van der Waals surface area contributed by atoms with E-state index in [4.69, 9.17) is 0 Å². The first-order valence-corrected chi connectivity index (χ1v) is 5.91. The van der Waals surface area contributed by atoms with Gasteiger partial charge in [0.05, 0.1) is 0 Å². The molecule has 0 amide bonds. The number of rotatable bonds is 2. The van der Waals surface area contributed by atoms with Crippen LogP contribution >= 0.6 is 0 Å². The van der Waals surface area contributed by atoms with Crippen LogP contribution in [0.15, 0.2) is 11.6 Å². The number of carbonyl (C=O) groups is 2. The Balaban J connectivity index is 2.42. The molecule has 2 aliphatic carbocycles. The van der Waals surface area contributed by atoms with Crippen molar-refractivity contribution in [1.29, 1.82) is 0 Å². The van der Waals surface area contributed by atoms with E-state index in [0.29, 0.717) is 24.9 Å². The number of fused-ring (bicyclic) bond motifs is 1. The lowest BCUT2D eigenvalue weighted by Gasteiger charge is -2.46. The van der Waals surface area contributed by atoms with E-state index in [-0.39, 0.29) is 11.0 Å². The summed E-state index contributed by atoms with van der Waals surface area (Å²) >= 11 is 0. The van der Waals surface area contributed by atoms with Gasteiger partial charge in [-0.25, -0.2) is 0 Å². The topological polar surface area (TPSA) is 54.4 Å². The minimum absolute atomic E-state index is 0.0102. The second-order valence-corrected chi connectivity index (χ2v) is 5.41. The summed E-state index contributed by atoms with van der Waals surface area (Å²) in [6.07, 6.45) is 7.78. The van der Waals surface area contributed by atoms with Gasteiger partial charge in [0.1, 0.15) is 11.9 Å². The molecule has 3 nitrogen and oxygen atoms in total. The van der Waals surface area contributed by atoms with E-state index < -0.39 is 5.60 Å². The van der Waals surface area contributed by atoms with Crippen LogP contribution in [0.1, 0.15) is 39.0 Å². The zero-order chi connectivity index (χ0) is 11.8. The SMILES string of the molecule is C[C@@]12C=C(C=O)[C@](O)(C=O)C[C@@H]1CCCC2. The van der Waals surface area contributed by atoms with E-state index in [0.717, 1.165) is 25.7 Å². The van der Waals surface area contributed by atoms with Crippen molar-refractivity contribution in [1.82, 2.24) is 0 Å². The van der Waals surface area contributed by atoms with E-state index in [1.807, 2.05) is 6.08 Å². The van der Waals surface area contributed by atoms with Crippen molar-refractivity contribution in [2.75, 3.05) is 0 Å². The molecule has 1 N–H and O–H groups in total. The van der Waals surface area contributed by atoms with Crippen LogP contribution < -0.4 is 0 Å². The van der Waals surface area contributed by atoms with Crippen LogP contribution in [0.5, 0.6) is 0 Å². The second-order valence-electron chi connectivity index (χ2n) is 5.41. The lowest BCUT2D eigenvalue weighted by molar-refractivity contribution is -0.127. The Morgan fingerprint density at radius 3 is 2.81 bits per heavy atom. The average molecular weight is 222 g/mol. The molecule has 0 saturated heterocycles. The van der Waals surface area contributed by atoms with Crippen molar-refractivity contribution in [3.05, 3.63) is 11.6 Å². The quantitative estimate of drug-likeness (QED) is 0.723. The zero-order valence-corrected chi connectivity index (χ0v) is 9.61. The molecule has 1 fully saturated rings. The first kappa shape index (κ1) is 11.5. The van der Waals surface area contributed by atoms with E-state index in [9.17, 15) is 14.7 Å². The molecular weight excluding hydrogens is 204 g/mol. The maximum atomic E-state index is 11.0. The summed E-state index contributed by atoms with van der Waals surface area (Å²) < 4.78 is 0. The molecule has 1 saturated carbocycles. The largest absolute Gasteiger partial charge is 0.377 e. The first-order valence-electron chi connectivity index (χ1n) is 5.91. The molecule has 3 heteroatoms. The molecular formula is C13H18O3. The normalized spacial score (nSPS) is 43.1. The van der Waals surface area contributed by atoms with Gasteiger partial charge in [0.2, 0.25) is 0 Å². The summed E-state index contributed by atoms with van der Waals surface area (Å²) in [4.78, 5) is 21.9. The highest BCUT2D eigenvalue weighted by molar-refractivity contribution is 5.87. The highest BCUT2D eigenvalue weighted by atomic mass is 16.3. The lowest BCUT2D eigenvalue weighted by atomic mass is 9.59. The Morgan fingerprint density at radius 2 is 2.19 bits per heavy atom. The molecule has 88 valence electrons. The summed E-state index contributed by atoms with van der Waals surface area (Å²) in [5.74, 6) is 0.320. The third kappa shape index (κ3) is 1.63. The highest BCUT2D eigenvalue weighted by Gasteiger charge is 2.47. The first-order chi connectivity index (χ1) is 7.54. The molecule has 0 aromatic rings. The summed E-state index contributed by atoms with van der Waals surface area (Å²) in [6, 6.07) is 0. The maximum absolute atomic E-state index is 11.0. The fourth-order valence-electron chi connectivity index (χ4n) is 3.18. The molecule has 2 rings (SSSR count). The third-order valence-corrected chi connectivity index (χ3v) is 4.32. The minimum atomic E-state index is -1.54. The van der Waals surface area contributed by atoms with Crippen molar-refractivity contribution < 1.29 is 14.7 Å². The zero-order valence-electron chi connectivity index (χ0n) is 9.61. The van der Waals surface area contributed by atoms with Gasteiger partial charge in [-0.15, -0.1) is 0 Å². The molecule has 0 bridgehead atoms. The van der Waals surface area contributed by atoms with Crippen LogP contribution in [-0.4, -0.2) is 23.3 Å². The molecule has 16 heavy (non-hydrogen) atoms. The highest BCUT2D eigenvalue weighted by Crippen LogP contribution is 2.50. The van der Waals surface area contributed by atoms with Crippen LogP contribution in [0.2, 0.25) is 0 Å². The van der Waals surface area contributed by atoms with Crippen molar-refractivity contribution >= 4 is 12.6 Å². The fourth-order valence-corrected chi connectivity index (χ4v) is 3.18.